The van der Waals surface area contributed by atoms with Gasteiger partial charge in [-0.3, -0.25) is 0 Å². The van der Waals surface area contributed by atoms with Gasteiger partial charge >= 0.3 is 0 Å². The van der Waals surface area contributed by atoms with Gasteiger partial charge in [0.15, 0.2) is 0 Å². The van der Waals surface area contributed by atoms with Gasteiger partial charge in [-0.2, -0.15) is 4.31 Å². The highest BCUT2D eigenvalue weighted by molar-refractivity contribution is 7.89. The van der Waals surface area contributed by atoms with Gasteiger partial charge in [-0.05, 0) is 37.5 Å². The number of hydrogen-bond donors (Lipinski definition) is 0. The Hall–Kier alpha value is -0.620. The monoisotopic (exact) mass is 331 g/mol. The molecule has 4 nitrogen and oxygen atoms in total. The van der Waals surface area contributed by atoms with Crippen molar-refractivity contribution in [3.8, 4) is 0 Å². The summed E-state index contributed by atoms with van der Waals surface area (Å²) in [5.41, 5.74) is 1.10. The third kappa shape index (κ3) is 3.26. The molecule has 2 rings (SSSR count). The minimum Gasteiger partial charge on any atom is -0.378 e. The number of rotatable bonds is 4. The van der Waals surface area contributed by atoms with Crippen LogP contribution in [0.15, 0.2) is 23.1 Å². The molecule has 0 aromatic heterocycles. The maximum atomic E-state index is 13.1. The fraction of sp³-hybridized carbons (Fsp3) is 0.600. The molecule has 0 bridgehead atoms. The summed E-state index contributed by atoms with van der Waals surface area (Å²) in [6, 6.07) is 5.44. The van der Waals surface area contributed by atoms with Crippen molar-refractivity contribution in [2.24, 2.45) is 0 Å². The fourth-order valence-electron chi connectivity index (χ4n) is 2.62. The Morgan fingerprint density at radius 3 is 2.67 bits per heavy atom. The molecule has 6 heteroatoms. The predicted octanol–water partition coefficient (Wildman–Crippen LogP) is 2.79. The molecule has 1 saturated heterocycles. The van der Waals surface area contributed by atoms with E-state index in [-0.39, 0.29) is 0 Å². The average Bonchev–Trinajstić information content (AvgIpc) is 2.45. The van der Waals surface area contributed by atoms with E-state index in [1.807, 2.05) is 32.9 Å². The van der Waals surface area contributed by atoms with E-state index in [0.29, 0.717) is 37.0 Å². The summed E-state index contributed by atoms with van der Waals surface area (Å²) in [7, 11) is -3.55. The van der Waals surface area contributed by atoms with E-state index in [1.54, 1.807) is 10.4 Å². The first kappa shape index (κ1) is 16.7. The first-order chi connectivity index (χ1) is 9.82. The minimum atomic E-state index is -3.55. The Morgan fingerprint density at radius 1 is 1.38 bits per heavy atom. The van der Waals surface area contributed by atoms with Gasteiger partial charge in [-0.25, -0.2) is 8.42 Å². The molecule has 1 aromatic rings. The number of ether oxygens (including phenoxy) is 1. The Balaban J connectivity index is 2.52. The second-order valence-corrected chi connectivity index (χ2v) is 7.97. The van der Waals surface area contributed by atoms with E-state index in [1.165, 1.54) is 0 Å². The topological polar surface area (TPSA) is 46.6 Å². The van der Waals surface area contributed by atoms with Crippen molar-refractivity contribution >= 4 is 21.6 Å². The minimum absolute atomic E-state index is 0.305. The number of aryl methyl sites for hydroxylation is 1. The lowest BCUT2D eigenvalue weighted by molar-refractivity contribution is -0.00772. The number of halogens is 1. The number of morpholine rings is 1. The Kier molecular flexibility index (Phi) is 4.98. The summed E-state index contributed by atoms with van der Waals surface area (Å²) in [6.45, 7) is 6.95. The van der Waals surface area contributed by atoms with E-state index in [0.717, 1.165) is 11.1 Å². The van der Waals surface area contributed by atoms with Crippen LogP contribution in [-0.2, 0) is 27.1 Å². The van der Waals surface area contributed by atoms with Crippen molar-refractivity contribution in [1.29, 1.82) is 0 Å². The predicted molar refractivity (Wildman–Crippen MR) is 84.2 cm³/mol. The Bertz CT molecular complexity index is 613. The molecular weight excluding hydrogens is 310 g/mol. The highest BCUT2D eigenvalue weighted by Gasteiger charge is 2.40. The Morgan fingerprint density at radius 2 is 2.10 bits per heavy atom. The molecule has 21 heavy (non-hydrogen) atoms. The standard InChI is InChI=1S/C15H22ClNO3S/c1-4-13-6-5-12(10-16)9-14(13)21(18,19)17-7-8-20-11-15(17,2)3/h5-6,9H,4,7-8,10-11H2,1-3H3. The average molecular weight is 332 g/mol. The van der Waals surface area contributed by atoms with E-state index in [9.17, 15) is 8.42 Å². The van der Waals surface area contributed by atoms with Crippen LogP contribution in [0.4, 0.5) is 0 Å². The van der Waals surface area contributed by atoms with Gasteiger partial charge in [0, 0.05) is 12.4 Å². The van der Waals surface area contributed by atoms with Gasteiger partial charge in [0.05, 0.1) is 23.6 Å². The zero-order chi connectivity index (χ0) is 15.7. The Labute approximate surface area is 132 Å². The fourth-order valence-corrected chi connectivity index (χ4v) is 4.89. The summed E-state index contributed by atoms with van der Waals surface area (Å²) in [4.78, 5) is 0.373. The van der Waals surface area contributed by atoms with E-state index >= 15 is 0 Å². The van der Waals surface area contributed by atoms with Crippen LogP contribution in [0.2, 0.25) is 0 Å². The molecule has 1 heterocycles. The maximum absolute atomic E-state index is 13.1. The first-order valence-electron chi connectivity index (χ1n) is 7.11. The highest BCUT2D eigenvalue weighted by Crippen LogP contribution is 2.30. The van der Waals surface area contributed by atoms with Crippen molar-refractivity contribution < 1.29 is 13.2 Å². The van der Waals surface area contributed by atoms with Gasteiger partial charge in [0.25, 0.3) is 0 Å². The maximum Gasteiger partial charge on any atom is 0.244 e. The molecule has 1 aliphatic rings. The largest absolute Gasteiger partial charge is 0.378 e. The molecule has 0 atom stereocenters. The van der Waals surface area contributed by atoms with Crippen LogP contribution in [0.25, 0.3) is 0 Å². The van der Waals surface area contributed by atoms with Gasteiger partial charge in [0.2, 0.25) is 10.0 Å². The van der Waals surface area contributed by atoms with E-state index in [2.05, 4.69) is 0 Å². The lowest BCUT2D eigenvalue weighted by Crippen LogP contribution is -2.55. The molecule has 0 saturated carbocycles. The van der Waals surface area contributed by atoms with Crippen molar-refractivity contribution in [3.05, 3.63) is 29.3 Å². The van der Waals surface area contributed by atoms with Crippen molar-refractivity contribution in [2.45, 2.75) is 43.5 Å². The molecule has 1 fully saturated rings. The van der Waals surface area contributed by atoms with Gasteiger partial charge in [0.1, 0.15) is 0 Å². The molecule has 118 valence electrons. The first-order valence-corrected chi connectivity index (χ1v) is 9.08. The number of sulfonamides is 1. The van der Waals surface area contributed by atoms with Crippen molar-refractivity contribution in [1.82, 2.24) is 4.31 Å². The number of benzene rings is 1. The van der Waals surface area contributed by atoms with Crippen LogP contribution in [-0.4, -0.2) is 38.0 Å². The van der Waals surface area contributed by atoms with Gasteiger partial charge in [-0.1, -0.05) is 19.1 Å². The second-order valence-electron chi connectivity index (χ2n) is 5.87. The highest BCUT2D eigenvalue weighted by atomic mass is 35.5. The zero-order valence-corrected chi connectivity index (χ0v) is 14.3. The van der Waals surface area contributed by atoms with Crippen molar-refractivity contribution in [3.63, 3.8) is 0 Å². The molecule has 0 amide bonds. The normalized spacial score (nSPS) is 19.6. The SMILES string of the molecule is CCc1ccc(CCl)cc1S(=O)(=O)N1CCOCC1(C)C. The van der Waals surface area contributed by atoms with Crippen LogP contribution in [0.5, 0.6) is 0 Å². The molecule has 0 aliphatic carbocycles. The van der Waals surface area contributed by atoms with Gasteiger partial charge < -0.3 is 4.74 Å². The lowest BCUT2D eigenvalue weighted by Gasteiger charge is -2.41. The van der Waals surface area contributed by atoms with Crippen LogP contribution in [0.3, 0.4) is 0 Å². The van der Waals surface area contributed by atoms with Crippen molar-refractivity contribution in [2.75, 3.05) is 19.8 Å². The number of alkyl halides is 1. The third-order valence-electron chi connectivity index (χ3n) is 3.80. The molecule has 1 aliphatic heterocycles. The molecule has 0 radical (unpaired) electrons. The molecular formula is C15H22ClNO3S. The molecule has 0 spiro atoms. The third-order valence-corrected chi connectivity index (χ3v) is 6.31. The van der Waals surface area contributed by atoms with E-state index < -0.39 is 15.6 Å². The quantitative estimate of drug-likeness (QED) is 0.797. The van der Waals surface area contributed by atoms with Crippen LogP contribution >= 0.6 is 11.6 Å². The number of nitrogens with zero attached hydrogens (tertiary/aromatic N) is 1. The smallest absolute Gasteiger partial charge is 0.244 e. The summed E-state index contributed by atoms with van der Waals surface area (Å²) in [6.07, 6.45) is 0.669. The summed E-state index contributed by atoms with van der Waals surface area (Å²) in [5, 5.41) is 0. The van der Waals surface area contributed by atoms with Crippen LogP contribution in [0, 0.1) is 0 Å². The van der Waals surface area contributed by atoms with Gasteiger partial charge in [-0.15, -0.1) is 11.6 Å². The summed E-state index contributed by atoms with van der Waals surface area (Å²) < 4.78 is 33.1. The lowest BCUT2D eigenvalue weighted by atomic mass is 10.1. The molecule has 0 N–H and O–H groups in total. The summed E-state index contributed by atoms with van der Waals surface area (Å²) >= 11 is 5.86. The molecule has 0 unspecified atom stereocenters. The zero-order valence-electron chi connectivity index (χ0n) is 12.7. The van der Waals surface area contributed by atoms with Crippen LogP contribution < -0.4 is 0 Å². The van der Waals surface area contributed by atoms with E-state index in [4.69, 9.17) is 16.3 Å². The number of hydrogen-bond acceptors (Lipinski definition) is 3. The second kappa shape index (κ2) is 6.24. The molecule has 1 aromatic carbocycles. The summed E-state index contributed by atoms with van der Waals surface area (Å²) in [5.74, 6) is 0.305. The van der Waals surface area contributed by atoms with Crippen LogP contribution in [0.1, 0.15) is 31.9 Å².